The fourth-order valence-corrected chi connectivity index (χ4v) is 3.05. The zero-order chi connectivity index (χ0) is 19.3. The molecule has 1 aromatic heterocycles. The fraction of sp³-hybridized carbons (Fsp3) is 0.562. The lowest BCUT2D eigenvalue weighted by molar-refractivity contribution is -0.138. The van der Waals surface area contributed by atoms with E-state index in [9.17, 15) is 22.8 Å². The Bertz CT molecular complexity index is 662. The van der Waals surface area contributed by atoms with Crippen molar-refractivity contribution in [2.24, 2.45) is 5.92 Å². The summed E-state index contributed by atoms with van der Waals surface area (Å²) in [7, 11) is 0. The average molecular weight is 394 g/mol. The number of alkyl halides is 3. The number of carbonyl (C=O) groups excluding carboxylic acids is 1. The summed E-state index contributed by atoms with van der Waals surface area (Å²) in [4.78, 5) is 28.1. The molecule has 10 heteroatoms. The van der Waals surface area contributed by atoms with Crippen LogP contribution < -0.4 is 10.2 Å². The third-order valence-corrected chi connectivity index (χ3v) is 4.46. The predicted molar refractivity (Wildman–Crippen MR) is 89.1 cm³/mol. The Morgan fingerprint density at radius 2 is 2.00 bits per heavy atom. The molecule has 0 saturated carbocycles. The Kier molecular flexibility index (Phi) is 6.69. The number of rotatable bonds is 6. The van der Waals surface area contributed by atoms with Gasteiger partial charge in [0.05, 0.1) is 10.6 Å². The molecule has 144 valence electrons. The van der Waals surface area contributed by atoms with E-state index >= 15 is 0 Å². The van der Waals surface area contributed by atoms with Crippen molar-refractivity contribution >= 4 is 29.3 Å². The minimum atomic E-state index is -4.50. The monoisotopic (exact) mass is 393 g/mol. The topological polar surface area (TPSA) is 82.5 Å². The third kappa shape index (κ3) is 5.48. The van der Waals surface area contributed by atoms with Crippen LogP contribution in [0.25, 0.3) is 0 Å². The second kappa shape index (κ2) is 8.57. The Morgan fingerprint density at radius 3 is 2.54 bits per heavy atom. The number of halogens is 4. The number of carboxylic acids is 1. The lowest BCUT2D eigenvalue weighted by Crippen LogP contribution is -2.41. The SMILES string of the molecule is O=C(O)CCCNC(=O)C1CCN(c2ncc(C(F)(F)F)cc2Cl)CC1. The molecule has 1 aliphatic rings. The minimum absolute atomic E-state index is 0.00316. The first kappa shape index (κ1) is 20.3. The Hall–Kier alpha value is -2.03. The molecule has 2 heterocycles. The molecule has 1 saturated heterocycles. The maximum Gasteiger partial charge on any atom is 0.417 e. The molecular formula is C16H19ClF3N3O3. The van der Waals surface area contributed by atoms with E-state index in [0.29, 0.717) is 38.9 Å². The average Bonchev–Trinajstić information content (AvgIpc) is 2.57. The number of carbonyl (C=O) groups is 2. The van der Waals surface area contributed by atoms with Gasteiger partial charge < -0.3 is 15.3 Å². The van der Waals surface area contributed by atoms with Crippen LogP contribution in [-0.2, 0) is 15.8 Å². The maximum atomic E-state index is 12.7. The second-order valence-electron chi connectivity index (χ2n) is 6.08. The van der Waals surface area contributed by atoms with E-state index in [4.69, 9.17) is 16.7 Å². The van der Waals surface area contributed by atoms with Crippen molar-refractivity contribution in [2.75, 3.05) is 24.5 Å². The van der Waals surface area contributed by atoms with Crippen LogP contribution in [0.5, 0.6) is 0 Å². The smallest absolute Gasteiger partial charge is 0.417 e. The molecule has 1 amide bonds. The molecule has 6 nitrogen and oxygen atoms in total. The summed E-state index contributed by atoms with van der Waals surface area (Å²) in [6, 6.07) is 0.852. The van der Waals surface area contributed by atoms with Crippen LogP contribution in [0.1, 0.15) is 31.2 Å². The molecule has 1 fully saturated rings. The number of hydrogen-bond donors (Lipinski definition) is 2. The zero-order valence-corrected chi connectivity index (χ0v) is 14.6. The van der Waals surface area contributed by atoms with Crippen molar-refractivity contribution in [3.63, 3.8) is 0 Å². The van der Waals surface area contributed by atoms with E-state index in [1.165, 1.54) is 0 Å². The number of nitrogens with zero attached hydrogens (tertiary/aromatic N) is 2. The van der Waals surface area contributed by atoms with Gasteiger partial charge in [-0.3, -0.25) is 9.59 Å². The van der Waals surface area contributed by atoms with Crippen LogP contribution in [0, 0.1) is 5.92 Å². The van der Waals surface area contributed by atoms with Crippen molar-refractivity contribution in [1.82, 2.24) is 10.3 Å². The van der Waals surface area contributed by atoms with Crippen molar-refractivity contribution in [1.29, 1.82) is 0 Å². The second-order valence-corrected chi connectivity index (χ2v) is 6.48. The van der Waals surface area contributed by atoms with Crippen LogP contribution in [0.2, 0.25) is 5.02 Å². The van der Waals surface area contributed by atoms with Crippen LogP contribution in [0.15, 0.2) is 12.3 Å². The molecule has 2 N–H and O–H groups in total. The Labute approximate surface area is 153 Å². The molecule has 1 aliphatic heterocycles. The number of nitrogens with one attached hydrogen (secondary N) is 1. The summed E-state index contributed by atoms with van der Waals surface area (Å²) in [5.74, 6) is -0.987. The fourth-order valence-electron chi connectivity index (χ4n) is 2.77. The molecule has 0 aromatic carbocycles. The summed E-state index contributed by atoms with van der Waals surface area (Å²) in [5, 5.41) is 11.2. The predicted octanol–water partition coefficient (Wildman–Crippen LogP) is 2.95. The van der Waals surface area contributed by atoms with Crippen molar-refractivity contribution in [3.05, 3.63) is 22.8 Å². The highest BCUT2D eigenvalue weighted by atomic mass is 35.5. The first-order chi connectivity index (χ1) is 12.2. The Morgan fingerprint density at radius 1 is 1.35 bits per heavy atom. The number of carboxylic acid groups (broad SMARTS) is 1. The Balaban J connectivity index is 1.86. The molecule has 0 atom stereocenters. The van der Waals surface area contributed by atoms with E-state index in [0.717, 1.165) is 12.3 Å². The van der Waals surface area contributed by atoms with Crippen LogP contribution >= 0.6 is 11.6 Å². The number of pyridine rings is 1. The van der Waals surface area contributed by atoms with Crippen molar-refractivity contribution in [3.8, 4) is 0 Å². The van der Waals surface area contributed by atoms with Crippen LogP contribution in [0.4, 0.5) is 19.0 Å². The van der Waals surface area contributed by atoms with E-state index in [1.807, 2.05) is 0 Å². The van der Waals surface area contributed by atoms with Gasteiger partial charge in [0.15, 0.2) is 0 Å². The van der Waals surface area contributed by atoms with Gasteiger partial charge in [0.2, 0.25) is 5.91 Å². The van der Waals surface area contributed by atoms with Crippen molar-refractivity contribution < 1.29 is 27.9 Å². The van der Waals surface area contributed by atoms with E-state index in [-0.39, 0.29) is 29.1 Å². The van der Waals surface area contributed by atoms with Crippen LogP contribution in [0.3, 0.4) is 0 Å². The first-order valence-electron chi connectivity index (χ1n) is 8.15. The van der Waals surface area contributed by atoms with Gasteiger partial charge in [-0.2, -0.15) is 13.2 Å². The highest BCUT2D eigenvalue weighted by molar-refractivity contribution is 6.33. The van der Waals surface area contributed by atoms with Gasteiger partial charge in [0, 0.05) is 38.2 Å². The molecule has 26 heavy (non-hydrogen) atoms. The standard InChI is InChI=1S/C16H19ClF3N3O3/c17-12-8-11(16(18,19)20)9-22-14(12)23-6-3-10(4-7-23)15(26)21-5-1-2-13(24)25/h8-10H,1-7H2,(H,21,26)(H,24,25). The molecule has 2 rings (SSSR count). The highest BCUT2D eigenvalue weighted by Gasteiger charge is 2.33. The number of aliphatic carboxylic acids is 1. The summed E-state index contributed by atoms with van der Waals surface area (Å²) in [6.45, 7) is 1.20. The molecule has 0 radical (unpaired) electrons. The third-order valence-electron chi connectivity index (χ3n) is 4.18. The number of piperidine rings is 1. The lowest BCUT2D eigenvalue weighted by atomic mass is 9.96. The van der Waals surface area contributed by atoms with Gasteiger partial charge >= 0.3 is 12.1 Å². The molecular weight excluding hydrogens is 375 g/mol. The quantitative estimate of drug-likeness (QED) is 0.726. The van der Waals surface area contributed by atoms with Gasteiger partial charge in [0.1, 0.15) is 5.82 Å². The van der Waals surface area contributed by atoms with Gasteiger partial charge in [-0.05, 0) is 25.3 Å². The molecule has 0 bridgehead atoms. The van der Waals surface area contributed by atoms with E-state index in [2.05, 4.69) is 10.3 Å². The number of amides is 1. The first-order valence-corrected chi connectivity index (χ1v) is 8.53. The number of hydrogen-bond acceptors (Lipinski definition) is 4. The molecule has 0 aliphatic carbocycles. The summed E-state index contributed by atoms with van der Waals surface area (Å²) < 4.78 is 38.0. The van der Waals surface area contributed by atoms with Gasteiger partial charge in [-0.25, -0.2) is 4.98 Å². The minimum Gasteiger partial charge on any atom is -0.481 e. The summed E-state index contributed by atoms with van der Waals surface area (Å²) in [5.41, 5.74) is -0.901. The highest BCUT2D eigenvalue weighted by Crippen LogP contribution is 2.34. The molecule has 0 spiro atoms. The summed E-state index contributed by atoms with van der Waals surface area (Å²) in [6.07, 6.45) is -2.35. The van der Waals surface area contributed by atoms with Gasteiger partial charge in [-0.1, -0.05) is 11.6 Å². The number of anilines is 1. The van der Waals surface area contributed by atoms with Gasteiger partial charge in [-0.15, -0.1) is 0 Å². The van der Waals surface area contributed by atoms with E-state index in [1.54, 1.807) is 4.90 Å². The zero-order valence-electron chi connectivity index (χ0n) is 13.9. The van der Waals surface area contributed by atoms with E-state index < -0.39 is 17.7 Å². The summed E-state index contributed by atoms with van der Waals surface area (Å²) >= 11 is 5.95. The molecule has 1 aromatic rings. The maximum absolute atomic E-state index is 12.7. The number of aromatic nitrogens is 1. The van der Waals surface area contributed by atoms with Gasteiger partial charge in [0.25, 0.3) is 0 Å². The lowest BCUT2D eigenvalue weighted by Gasteiger charge is -2.32. The van der Waals surface area contributed by atoms with Crippen LogP contribution in [-0.4, -0.2) is 41.6 Å². The van der Waals surface area contributed by atoms with Crippen molar-refractivity contribution in [2.45, 2.75) is 31.9 Å². The molecule has 0 unspecified atom stereocenters. The normalized spacial score (nSPS) is 15.8. The largest absolute Gasteiger partial charge is 0.481 e.